The van der Waals surface area contributed by atoms with Crippen molar-refractivity contribution in [3.63, 3.8) is 0 Å². The first-order valence-corrected chi connectivity index (χ1v) is 8.22. The lowest BCUT2D eigenvalue weighted by Crippen LogP contribution is -2.37. The first-order chi connectivity index (χ1) is 8.56. The summed E-state index contributed by atoms with van der Waals surface area (Å²) >= 11 is 5.45. The van der Waals surface area contributed by atoms with E-state index in [2.05, 4.69) is 42.0 Å². The Kier molecular flexibility index (Phi) is 4.73. The zero-order chi connectivity index (χ0) is 13.3. The van der Waals surface area contributed by atoms with Crippen LogP contribution in [0.4, 0.5) is 4.39 Å². The number of thioether (sulfide) groups is 1. The molecule has 2 rings (SSSR count). The van der Waals surface area contributed by atoms with Crippen molar-refractivity contribution in [3.05, 3.63) is 33.5 Å². The average molecular weight is 332 g/mol. The Morgan fingerprint density at radius 2 is 2.22 bits per heavy atom. The second-order valence-electron chi connectivity index (χ2n) is 4.98. The summed E-state index contributed by atoms with van der Waals surface area (Å²) in [4.78, 5) is 0. The van der Waals surface area contributed by atoms with E-state index in [0.717, 1.165) is 27.9 Å². The van der Waals surface area contributed by atoms with Crippen molar-refractivity contribution in [2.45, 2.75) is 37.8 Å². The molecule has 1 heterocycles. The van der Waals surface area contributed by atoms with Crippen molar-refractivity contribution in [2.24, 2.45) is 5.92 Å². The van der Waals surface area contributed by atoms with Crippen molar-refractivity contribution >= 4 is 27.7 Å². The van der Waals surface area contributed by atoms with Gasteiger partial charge >= 0.3 is 0 Å². The highest BCUT2D eigenvalue weighted by Gasteiger charge is 2.34. The zero-order valence-corrected chi connectivity index (χ0v) is 13.4. The maximum Gasteiger partial charge on any atom is 0.127 e. The van der Waals surface area contributed by atoms with Gasteiger partial charge in [-0.2, -0.15) is 11.8 Å². The fourth-order valence-electron chi connectivity index (χ4n) is 2.55. The van der Waals surface area contributed by atoms with E-state index in [-0.39, 0.29) is 11.9 Å². The highest BCUT2D eigenvalue weighted by molar-refractivity contribution is 9.10. The van der Waals surface area contributed by atoms with Crippen molar-refractivity contribution < 1.29 is 4.39 Å². The molecule has 1 N–H and O–H groups in total. The summed E-state index contributed by atoms with van der Waals surface area (Å²) < 4.78 is 15.0. The van der Waals surface area contributed by atoms with Gasteiger partial charge in [0.15, 0.2) is 0 Å². The van der Waals surface area contributed by atoms with Gasteiger partial charge in [-0.05, 0) is 30.2 Å². The highest BCUT2D eigenvalue weighted by Crippen LogP contribution is 2.44. The van der Waals surface area contributed by atoms with Crippen LogP contribution in [-0.2, 0) is 5.75 Å². The summed E-state index contributed by atoms with van der Waals surface area (Å²) in [6.07, 6.45) is 0. The second kappa shape index (κ2) is 5.93. The Balaban J connectivity index is 2.48. The number of hydrogen-bond donors (Lipinski definition) is 1. The lowest BCUT2D eigenvalue weighted by atomic mass is 9.92. The lowest BCUT2D eigenvalue weighted by molar-refractivity contribution is 0.442. The monoisotopic (exact) mass is 331 g/mol. The number of fused-ring (bicyclic) bond motifs is 1. The van der Waals surface area contributed by atoms with Crippen LogP contribution in [0.15, 0.2) is 16.6 Å². The molecule has 0 amide bonds. The largest absolute Gasteiger partial charge is 0.309 e. The van der Waals surface area contributed by atoms with Crippen molar-refractivity contribution in [2.75, 3.05) is 6.54 Å². The van der Waals surface area contributed by atoms with E-state index in [4.69, 9.17) is 0 Å². The molecule has 18 heavy (non-hydrogen) atoms. The maximum absolute atomic E-state index is 13.9. The minimum atomic E-state index is -0.0780. The molecule has 0 saturated heterocycles. The first-order valence-electron chi connectivity index (χ1n) is 6.38. The van der Waals surface area contributed by atoms with E-state index in [1.54, 1.807) is 6.07 Å². The van der Waals surface area contributed by atoms with Crippen LogP contribution in [0.1, 0.15) is 37.9 Å². The van der Waals surface area contributed by atoms with E-state index in [1.807, 2.05) is 17.8 Å². The van der Waals surface area contributed by atoms with Gasteiger partial charge in [0.05, 0.1) is 0 Å². The molecular formula is C14H19BrFNS. The molecule has 0 spiro atoms. The number of nitrogens with one attached hydrogen (secondary N) is 1. The van der Waals surface area contributed by atoms with Crippen molar-refractivity contribution in [1.82, 2.24) is 5.32 Å². The molecule has 1 aliphatic heterocycles. The SMILES string of the molecule is CCNC1c2c(Br)ccc(F)c2CSC1C(C)C. The summed E-state index contributed by atoms with van der Waals surface area (Å²) in [6.45, 7) is 7.47. The zero-order valence-electron chi connectivity index (χ0n) is 11.0. The fourth-order valence-corrected chi connectivity index (χ4v) is 4.63. The molecule has 1 aromatic rings. The molecule has 0 bridgehead atoms. The minimum Gasteiger partial charge on any atom is -0.309 e. The summed E-state index contributed by atoms with van der Waals surface area (Å²) in [6, 6.07) is 3.61. The third-order valence-electron chi connectivity index (χ3n) is 3.39. The van der Waals surface area contributed by atoms with Gasteiger partial charge in [-0.1, -0.05) is 36.7 Å². The van der Waals surface area contributed by atoms with E-state index in [9.17, 15) is 4.39 Å². The van der Waals surface area contributed by atoms with Gasteiger partial charge < -0.3 is 5.32 Å². The summed E-state index contributed by atoms with van der Waals surface area (Å²) in [5, 5.41) is 4.02. The minimum absolute atomic E-state index is 0.0780. The fraction of sp³-hybridized carbons (Fsp3) is 0.571. The highest BCUT2D eigenvalue weighted by atomic mass is 79.9. The van der Waals surface area contributed by atoms with Crippen LogP contribution in [0.3, 0.4) is 0 Å². The Morgan fingerprint density at radius 1 is 1.50 bits per heavy atom. The van der Waals surface area contributed by atoms with Gasteiger partial charge in [-0.3, -0.25) is 0 Å². The molecule has 0 radical (unpaired) electrons. The van der Waals surface area contributed by atoms with E-state index >= 15 is 0 Å². The van der Waals surface area contributed by atoms with E-state index in [1.165, 1.54) is 0 Å². The Labute approximate surface area is 121 Å². The van der Waals surface area contributed by atoms with Gasteiger partial charge in [0.1, 0.15) is 5.82 Å². The molecule has 0 fully saturated rings. The summed E-state index contributed by atoms with van der Waals surface area (Å²) in [5.41, 5.74) is 1.98. The predicted octanol–water partition coefficient (Wildman–Crippen LogP) is 4.51. The Hall–Kier alpha value is -0.0600. The topological polar surface area (TPSA) is 12.0 Å². The average Bonchev–Trinajstić information content (AvgIpc) is 2.34. The lowest BCUT2D eigenvalue weighted by Gasteiger charge is -2.37. The Morgan fingerprint density at radius 3 is 2.83 bits per heavy atom. The Bertz CT molecular complexity index is 436. The molecule has 0 saturated carbocycles. The third kappa shape index (κ3) is 2.61. The molecule has 100 valence electrons. The molecule has 0 aliphatic carbocycles. The molecule has 1 nitrogen and oxygen atoms in total. The standard InChI is InChI=1S/C14H19BrFNS/c1-4-17-13-12-9(7-18-14(13)8(2)3)11(16)6-5-10(12)15/h5-6,8,13-14,17H,4,7H2,1-3H3. The van der Waals surface area contributed by atoms with Gasteiger partial charge in [-0.25, -0.2) is 4.39 Å². The van der Waals surface area contributed by atoms with Gasteiger partial charge in [-0.15, -0.1) is 0 Å². The van der Waals surface area contributed by atoms with Crippen LogP contribution in [0, 0.1) is 11.7 Å². The smallest absolute Gasteiger partial charge is 0.127 e. The maximum atomic E-state index is 13.9. The number of halogens is 2. The number of rotatable bonds is 3. The molecule has 1 aromatic carbocycles. The van der Waals surface area contributed by atoms with Crippen LogP contribution < -0.4 is 5.32 Å². The van der Waals surface area contributed by atoms with Crippen LogP contribution in [0.25, 0.3) is 0 Å². The molecule has 2 unspecified atom stereocenters. The van der Waals surface area contributed by atoms with Gasteiger partial charge in [0, 0.05) is 27.1 Å². The van der Waals surface area contributed by atoms with Crippen LogP contribution in [-0.4, -0.2) is 11.8 Å². The van der Waals surface area contributed by atoms with Crippen LogP contribution in [0.5, 0.6) is 0 Å². The van der Waals surface area contributed by atoms with Gasteiger partial charge in [0.25, 0.3) is 0 Å². The molecular weight excluding hydrogens is 313 g/mol. The second-order valence-corrected chi connectivity index (χ2v) is 7.00. The predicted molar refractivity (Wildman–Crippen MR) is 80.4 cm³/mol. The molecule has 4 heteroatoms. The normalized spacial score (nSPS) is 23.2. The van der Waals surface area contributed by atoms with E-state index in [0.29, 0.717) is 11.2 Å². The first kappa shape index (κ1) is 14.4. The van der Waals surface area contributed by atoms with Crippen molar-refractivity contribution in [3.8, 4) is 0 Å². The third-order valence-corrected chi connectivity index (χ3v) is 5.74. The van der Waals surface area contributed by atoms with Crippen molar-refractivity contribution in [1.29, 1.82) is 0 Å². The van der Waals surface area contributed by atoms with Crippen LogP contribution in [0.2, 0.25) is 0 Å². The summed E-state index contributed by atoms with van der Waals surface area (Å²) in [5.74, 6) is 1.26. The van der Waals surface area contributed by atoms with E-state index < -0.39 is 0 Å². The molecule has 2 atom stereocenters. The molecule has 1 aliphatic rings. The summed E-state index contributed by atoms with van der Waals surface area (Å²) in [7, 11) is 0. The number of benzene rings is 1. The van der Waals surface area contributed by atoms with Crippen LogP contribution >= 0.6 is 27.7 Å². The van der Waals surface area contributed by atoms with Gasteiger partial charge in [0.2, 0.25) is 0 Å². The number of hydrogen-bond acceptors (Lipinski definition) is 2. The quantitative estimate of drug-likeness (QED) is 0.874. The molecule has 0 aromatic heterocycles.